The van der Waals surface area contributed by atoms with Crippen molar-refractivity contribution in [1.82, 2.24) is 14.8 Å². The Kier molecular flexibility index (Phi) is 1.42. The second-order valence-corrected chi connectivity index (χ2v) is 3.52. The second kappa shape index (κ2) is 2.30. The monoisotopic (exact) mass is 167 g/mol. The molecule has 2 aromatic heterocycles. The van der Waals surface area contributed by atoms with Crippen LogP contribution in [0.2, 0.25) is 0 Å². The van der Waals surface area contributed by atoms with Crippen LogP contribution < -0.4 is 0 Å². The molecule has 0 aromatic carbocycles. The van der Waals surface area contributed by atoms with Crippen LogP contribution in [-0.4, -0.2) is 14.8 Å². The molecule has 4 heteroatoms. The van der Waals surface area contributed by atoms with Gasteiger partial charge in [-0.3, -0.25) is 4.68 Å². The number of hydrogen-bond donors (Lipinski definition) is 0. The molecule has 0 bridgehead atoms. The van der Waals surface area contributed by atoms with Crippen molar-refractivity contribution < 1.29 is 0 Å². The topological polar surface area (TPSA) is 30.7 Å². The van der Waals surface area contributed by atoms with Gasteiger partial charge in [0.05, 0.1) is 11.2 Å². The minimum absolute atomic E-state index is 1.00. The maximum atomic E-state index is 4.39. The lowest BCUT2D eigenvalue weighted by Crippen LogP contribution is -1.85. The molecule has 0 aliphatic carbocycles. The van der Waals surface area contributed by atoms with Crippen molar-refractivity contribution in [2.45, 2.75) is 13.3 Å². The van der Waals surface area contributed by atoms with Gasteiger partial charge in [-0.15, -0.1) is 0 Å². The van der Waals surface area contributed by atoms with Gasteiger partial charge in [0, 0.05) is 7.05 Å². The summed E-state index contributed by atoms with van der Waals surface area (Å²) in [7, 11) is 1.92. The summed E-state index contributed by atoms with van der Waals surface area (Å²) in [6, 6.07) is 0. The van der Waals surface area contributed by atoms with Crippen LogP contribution in [-0.2, 0) is 13.5 Å². The predicted octanol–water partition coefficient (Wildman–Crippen LogP) is 1.59. The summed E-state index contributed by atoms with van der Waals surface area (Å²) in [6.45, 7) is 2.11. The van der Waals surface area contributed by atoms with E-state index in [0.717, 1.165) is 16.8 Å². The Morgan fingerprint density at radius 2 is 2.45 bits per heavy atom. The predicted molar refractivity (Wildman–Crippen MR) is 45.8 cm³/mol. The quantitative estimate of drug-likeness (QED) is 0.645. The molecule has 0 amide bonds. The highest BCUT2D eigenvalue weighted by atomic mass is 32.1. The molecule has 11 heavy (non-hydrogen) atoms. The fourth-order valence-electron chi connectivity index (χ4n) is 1.02. The number of aromatic nitrogens is 3. The summed E-state index contributed by atoms with van der Waals surface area (Å²) in [5.74, 6) is 0. The molecule has 0 spiro atoms. The molecule has 2 rings (SSSR count). The Morgan fingerprint density at radius 3 is 3.09 bits per heavy atom. The molecule has 0 radical (unpaired) electrons. The van der Waals surface area contributed by atoms with E-state index in [1.165, 1.54) is 5.01 Å². The molecule has 3 nitrogen and oxygen atoms in total. The third-order valence-corrected chi connectivity index (χ3v) is 2.64. The average molecular weight is 167 g/mol. The van der Waals surface area contributed by atoms with E-state index in [4.69, 9.17) is 0 Å². The van der Waals surface area contributed by atoms with Crippen molar-refractivity contribution in [2.24, 2.45) is 7.05 Å². The smallest absolute Gasteiger partial charge is 0.165 e. The van der Waals surface area contributed by atoms with Crippen LogP contribution in [0.25, 0.3) is 10.3 Å². The normalized spacial score (nSPS) is 11.1. The van der Waals surface area contributed by atoms with Crippen LogP contribution >= 0.6 is 11.3 Å². The average Bonchev–Trinajstić information content (AvgIpc) is 2.43. The lowest BCUT2D eigenvalue weighted by Gasteiger charge is -1.83. The molecule has 0 N–H and O–H groups in total. The molecule has 0 aliphatic rings. The van der Waals surface area contributed by atoms with E-state index in [2.05, 4.69) is 17.0 Å². The molecule has 0 fully saturated rings. The second-order valence-electron chi connectivity index (χ2n) is 2.45. The summed E-state index contributed by atoms with van der Waals surface area (Å²) in [6.07, 6.45) is 2.95. The van der Waals surface area contributed by atoms with Gasteiger partial charge in [-0.05, 0) is 6.42 Å². The lowest BCUT2D eigenvalue weighted by atomic mass is 10.5. The summed E-state index contributed by atoms with van der Waals surface area (Å²) in [5.41, 5.74) is 1.02. The summed E-state index contributed by atoms with van der Waals surface area (Å²) in [5, 5.41) is 5.42. The Morgan fingerprint density at radius 1 is 1.64 bits per heavy atom. The van der Waals surface area contributed by atoms with Crippen molar-refractivity contribution in [2.75, 3.05) is 0 Å². The standard InChI is InChI=1S/C7H9N3S/c1-3-6-8-5-4-10(2)9-7(5)11-6/h4H,3H2,1-2H3. The number of nitrogens with zero attached hydrogens (tertiary/aromatic N) is 3. The molecule has 0 saturated carbocycles. The van der Waals surface area contributed by atoms with E-state index < -0.39 is 0 Å². The molecule has 2 aromatic rings. The molecule has 0 aliphatic heterocycles. The van der Waals surface area contributed by atoms with E-state index in [-0.39, 0.29) is 0 Å². The zero-order valence-electron chi connectivity index (χ0n) is 6.53. The summed E-state index contributed by atoms with van der Waals surface area (Å²) >= 11 is 1.68. The van der Waals surface area contributed by atoms with E-state index in [1.807, 2.05) is 13.2 Å². The number of thiazole rings is 1. The SMILES string of the molecule is CCc1nc2cn(C)nc2s1. The van der Waals surface area contributed by atoms with Gasteiger partial charge in [-0.1, -0.05) is 18.3 Å². The molecular formula is C7H9N3S. The van der Waals surface area contributed by atoms with Crippen molar-refractivity contribution in [3.05, 3.63) is 11.2 Å². The zero-order valence-corrected chi connectivity index (χ0v) is 7.35. The van der Waals surface area contributed by atoms with Crippen LogP contribution in [0, 0.1) is 0 Å². The van der Waals surface area contributed by atoms with Crippen LogP contribution in [0.1, 0.15) is 11.9 Å². The van der Waals surface area contributed by atoms with Crippen LogP contribution in [0.5, 0.6) is 0 Å². The van der Waals surface area contributed by atoms with Crippen LogP contribution in [0.4, 0.5) is 0 Å². The Bertz CT molecular complexity index is 342. The molecule has 0 saturated heterocycles. The number of fused-ring (bicyclic) bond motifs is 1. The Balaban J connectivity index is 2.64. The van der Waals surface area contributed by atoms with E-state index >= 15 is 0 Å². The van der Waals surface area contributed by atoms with Crippen molar-refractivity contribution >= 4 is 21.7 Å². The van der Waals surface area contributed by atoms with Gasteiger partial charge >= 0.3 is 0 Å². The maximum absolute atomic E-state index is 4.39. The molecule has 0 atom stereocenters. The van der Waals surface area contributed by atoms with E-state index in [1.54, 1.807) is 16.0 Å². The first-order chi connectivity index (χ1) is 5.29. The van der Waals surface area contributed by atoms with Crippen LogP contribution in [0.15, 0.2) is 6.20 Å². The number of aryl methyl sites for hydroxylation is 2. The highest BCUT2D eigenvalue weighted by Gasteiger charge is 2.04. The van der Waals surface area contributed by atoms with Crippen molar-refractivity contribution in [1.29, 1.82) is 0 Å². The summed E-state index contributed by atoms with van der Waals surface area (Å²) in [4.78, 5) is 5.43. The first-order valence-corrected chi connectivity index (χ1v) is 4.40. The highest BCUT2D eigenvalue weighted by molar-refractivity contribution is 7.18. The first-order valence-electron chi connectivity index (χ1n) is 3.58. The van der Waals surface area contributed by atoms with Gasteiger partial charge in [0.1, 0.15) is 5.52 Å². The minimum Gasteiger partial charge on any atom is -0.272 e. The van der Waals surface area contributed by atoms with Crippen molar-refractivity contribution in [3.63, 3.8) is 0 Å². The fraction of sp³-hybridized carbons (Fsp3) is 0.429. The molecular weight excluding hydrogens is 158 g/mol. The zero-order chi connectivity index (χ0) is 7.84. The van der Waals surface area contributed by atoms with Crippen molar-refractivity contribution in [3.8, 4) is 0 Å². The molecule has 58 valence electrons. The van der Waals surface area contributed by atoms with Gasteiger partial charge < -0.3 is 0 Å². The number of hydrogen-bond acceptors (Lipinski definition) is 3. The Hall–Kier alpha value is -0.900. The third kappa shape index (κ3) is 1.03. The van der Waals surface area contributed by atoms with Gasteiger partial charge in [-0.2, -0.15) is 5.10 Å². The van der Waals surface area contributed by atoms with E-state index in [0.29, 0.717) is 0 Å². The maximum Gasteiger partial charge on any atom is 0.165 e. The lowest BCUT2D eigenvalue weighted by molar-refractivity contribution is 0.781. The van der Waals surface area contributed by atoms with Gasteiger partial charge in [0.25, 0.3) is 0 Å². The molecule has 2 heterocycles. The Labute approximate surface area is 68.7 Å². The van der Waals surface area contributed by atoms with Gasteiger partial charge in [-0.25, -0.2) is 4.98 Å². The highest BCUT2D eigenvalue weighted by Crippen LogP contribution is 2.19. The summed E-state index contributed by atoms with van der Waals surface area (Å²) < 4.78 is 1.80. The van der Waals surface area contributed by atoms with Crippen LogP contribution in [0.3, 0.4) is 0 Å². The fourth-order valence-corrected chi connectivity index (χ4v) is 1.91. The molecule has 0 unspecified atom stereocenters. The van der Waals surface area contributed by atoms with E-state index in [9.17, 15) is 0 Å². The minimum atomic E-state index is 1.00. The van der Waals surface area contributed by atoms with Gasteiger partial charge in [0.15, 0.2) is 4.83 Å². The first kappa shape index (κ1) is 6.79. The third-order valence-electron chi connectivity index (χ3n) is 1.54. The number of rotatable bonds is 1. The largest absolute Gasteiger partial charge is 0.272 e. The van der Waals surface area contributed by atoms with Gasteiger partial charge in [0.2, 0.25) is 0 Å².